The molecule has 3 rings (SSSR count). The zero-order valence-electron chi connectivity index (χ0n) is 12.3. The minimum atomic E-state index is 0. The Hall–Kier alpha value is -1.38. The second-order valence-electron chi connectivity index (χ2n) is 5.46. The third kappa shape index (κ3) is 4.29. The number of allylic oxidation sites excluding steroid dienone is 2. The van der Waals surface area contributed by atoms with Crippen LogP contribution in [0.15, 0.2) is 60.7 Å². The minimum absolute atomic E-state index is 0. The van der Waals surface area contributed by atoms with Gasteiger partial charge in [-0.25, -0.2) is 0 Å². The molecule has 0 bridgehead atoms. The van der Waals surface area contributed by atoms with E-state index < -0.39 is 0 Å². The normalized spacial score (nSPS) is 12.5. The summed E-state index contributed by atoms with van der Waals surface area (Å²) < 4.78 is 0. The van der Waals surface area contributed by atoms with Crippen molar-refractivity contribution in [2.24, 2.45) is 0 Å². The standard InChI is InChI=1S/C19H21N.BrH/c1-2-7-16(8-3-1)15-20-14-6-10-18-13-12-17-9-4-5-11-19(17)18;/h1-5,7-9,11,13,20H,6,10,12,14-15H2;1H. The van der Waals surface area contributed by atoms with Crippen LogP contribution in [0.1, 0.15) is 29.5 Å². The highest BCUT2D eigenvalue weighted by Crippen LogP contribution is 2.29. The molecule has 2 heteroatoms. The van der Waals surface area contributed by atoms with E-state index in [-0.39, 0.29) is 17.0 Å². The van der Waals surface area contributed by atoms with Crippen molar-refractivity contribution in [3.05, 3.63) is 77.4 Å². The average molecular weight is 344 g/mol. The Kier molecular flexibility index (Phi) is 6.21. The quantitative estimate of drug-likeness (QED) is 0.720. The fraction of sp³-hybridized carbons (Fsp3) is 0.263. The van der Waals surface area contributed by atoms with Gasteiger partial charge in [-0.05, 0) is 29.5 Å². The molecule has 0 unspecified atom stereocenters. The summed E-state index contributed by atoms with van der Waals surface area (Å²) in [5, 5.41) is 2.41. The van der Waals surface area contributed by atoms with E-state index in [1.807, 2.05) is 0 Å². The zero-order valence-corrected chi connectivity index (χ0v) is 13.9. The molecule has 0 saturated carbocycles. The number of nitrogens with two attached hydrogens (primary N) is 1. The van der Waals surface area contributed by atoms with Gasteiger partial charge in [0, 0.05) is 12.0 Å². The van der Waals surface area contributed by atoms with E-state index in [1.165, 1.54) is 36.1 Å². The summed E-state index contributed by atoms with van der Waals surface area (Å²) in [5.74, 6) is 0. The summed E-state index contributed by atoms with van der Waals surface area (Å²) in [6, 6.07) is 19.5. The molecule has 110 valence electrons. The van der Waals surface area contributed by atoms with E-state index in [9.17, 15) is 0 Å². The van der Waals surface area contributed by atoms with Crippen LogP contribution in [0, 0.1) is 0 Å². The van der Waals surface area contributed by atoms with Crippen LogP contribution in [0.25, 0.3) is 5.57 Å². The van der Waals surface area contributed by atoms with E-state index in [2.05, 4.69) is 66.0 Å². The van der Waals surface area contributed by atoms with E-state index >= 15 is 0 Å². The van der Waals surface area contributed by atoms with Crippen LogP contribution in [-0.2, 0) is 13.0 Å². The zero-order chi connectivity index (χ0) is 13.6. The Bertz CT molecular complexity index is 590. The second-order valence-corrected chi connectivity index (χ2v) is 5.46. The lowest BCUT2D eigenvalue weighted by atomic mass is 10.0. The highest BCUT2D eigenvalue weighted by atomic mass is 79.9. The third-order valence-electron chi connectivity index (χ3n) is 4.01. The van der Waals surface area contributed by atoms with Crippen LogP contribution in [0.3, 0.4) is 0 Å². The molecule has 0 fully saturated rings. The Morgan fingerprint density at radius 3 is 2.52 bits per heavy atom. The van der Waals surface area contributed by atoms with Crippen LogP contribution in [0.2, 0.25) is 0 Å². The fourth-order valence-electron chi connectivity index (χ4n) is 2.91. The van der Waals surface area contributed by atoms with Crippen molar-refractivity contribution in [2.75, 3.05) is 6.54 Å². The van der Waals surface area contributed by atoms with Crippen LogP contribution in [0.5, 0.6) is 0 Å². The lowest BCUT2D eigenvalue weighted by molar-refractivity contribution is -0.670. The van der Waals surface area contributed by atoms with Crippen LogP contribution >= 0.6 is 0 Å². The van der Waals surface area contributed by atoms with Gasteiger partial charge in [0.25, 0.3) is 0 Å². The highest BCUT2D eigenvalue weighted by Gasteiger charge is 2.12. The summed E-state index contributed by atoms with van der Waals surface area (Å²) in [4.78, 5) is 0. The second kappa shape index (κ2) is 8.16. The molecule has 0 aliphatic heterocycles. The highest BCUT2D eigenvalue weighted by molar-refractivity contribution is 5.72. The van der Waals surface area contributed by atoms with Crippen molar-refractivity contribution in [3.63, 3.8) is 0 Å². The smallest absolute Gasteiger partial charge is 0.101 e. The predicted molar refractivity (Wildman–Crippen MR) is 84.3 cm³/mol. The molecule has 0 atom stereocenters. The molecule has 0 saturated heterocycles. The molecule has 1 aliphatic carbocycles. The summed E-state index contributed by atoms with van der Waals surface area (Å²) in [5.41, 5.74) is 5.94. The van der Waals surface area contributed by atoms with E-state index in [0.29, 0.717) is 0 Å². The van der Waals surface area contributed by atoms with Crippen molar-refractivity contribution in [1.29, 1.82) is 0 Å². The largest absolute Gasteiger partial charge is 1.00 e. The topological polar surface area (TPSA) is 16.6 Å². The summed E-state index contributed by atoms with van der Waals surface area (Å²) in [6.45, 7) is 2.30. The van der Waals surface area contributed by atoms with Crippen LogP contribution in [-0.4, -0.2) is 6.54 Å². The first-order valence-corrected chi connectivity index (χ1v) is 7.56. The van der Waals surface area contributed by atoms with Gasteiger partial charge < -0.3 is 22.3 Å². The number of fused-ring (bicyclic) bond motifs is 1. The van der Waals surface area contributed by atoms with Crippen LogP contribution < -0.4 is 22.3 Å². The third-order valence-corrected chi connectivity index (χ3v) is 4.01. The van der Waals surface area contributed by atoms with Gasteiger partial charge in [0.2, 0.25) is 0 Å². The summed E-state index contributed by atoms with van der Waals surface area (Å²) in [6.07, 6.45) is 6.00. The van der Waals surface area contributed by atoms with E-state index in [4.69, 9.17) is 0 Å². The molecule has 1 aliphatic rings. The molecular formula is C19H22BrN. The number of halogens is 1. The Morgan fingerprint density at radius 2 is 1.67 bits per heavy atom. The van der Waals surface area contributed by atoms with Gasteiger partial charge in [0.15, 0.2) is 0 Å². The molecule has 2 N–H and O–H groups in total. The molecule has 0 radical (unpaired) electrons. The molecular weight excluding hydrogens is 322 g/mol. The van der Waals surface area contributed by atoms with Crippen molar-refractivity contribution >= 4 is 5.57 Å². The summed E-state index contributed by atoms with van der Waals surface area (Å²) >= 11 is 0. The number of hydrogen-bond acceptors (Lipinski definition) is 0. The van der Waals surface area contributed by atoms with Crippen molar-refractivity contribution in [3.8, 4) is 0 Å². The van der Waals surface area contributed by atoms with Crippen molar-refractivity contribution in [2.45, 2.75) is 25.8 Å². The van der Waals surface area contributed by atoms with Gasteiger partial charge in [0.05, 0.1) is 6.54 Å². The fourth-order valence-corrected chi connectivity index (χ4v) is 2.91. The average Bonchev–Trinajstić information content (AvgIpc) is 2.91. The van der Waals surface area contributed by atoms with Gasteiger partial charge in [-0.1, -0.05) is 60.7 Å². The van der Waals surface area contributed by atoms with Crippen molar-refractivity contribution in [1.82, 2.24) is 0 Å². The molecule has 0 spiro atoms. The SMILES string of the molecule is C1=C(CCC[NH2+]Cc2ccccc2)c2ccccc2C1.[Br-]. The monoisotopic (exact) mass is 343 g/mol. The molecule has 0 aromatic heterocycles. The maximum atomic E-state index is 2.41. The van der Waals surface area contributed by atoms with E-state index in [1.54, 1.807) is 5.57 Å². The van der Waals surface area contributed by atoms with Gasteiger partial charge >= 0.3 is 0 Å². The minimum Gasteiger partial charge on any atom is -1.00 e. The first kappa shape index (κ1) is 16.0. The molecule has 2 aromatic carbocycles. The lowest BCUT2D eigenvalue weighted by Gasteiger charge is -2.05. The number of rotatable bonds is 6. The Labute approximate surface area is 137 Å². The predicted octanol–water partition coefficient (Wildman–Crippen LogP) is 0.174. The first-order chi connectivity index (χ1) is 9.93. The molecule has 0 heterocycles. The first-order valence-electron chi connectivity index (χ1n) is 7.56. The van der Waals surface area contributed by atoms with E-state index in [0.717, 1.165) is 13.0 Å². The summed E-state index contributed by atoms with van der Waals surface area (Å²) in [7, 11) is 0. The number of benzene rings is 2. The maximum absolute atomic E-state index is 2.41. The van der Waals surface area contributed by atoms with Gasteiger partial charge in [0.1, 0.15) is 6.54 Å². The molecule has 21 heavy (non-hydrogen) atoms. The van der Waals surface area contributed by atoms with Gasteiger partial charge in [-0.3, -0.25) is 0 Å². The van der Waals surface area contributed by atoms with Gasteiger partial charge in [-0.15, -0.1) is 0 Å². The maximum Gasteiger partial charge on any atom is 0.101 e. The Balaban J connectivity index is 0.00000161. The number of hydrogen-bond donors (Lipinski definition) is 1. The van der Waals surface area contributed by atoms with Crippen molar-refractivity contribution < 1.29 is 22.3 Å². The molecule has 0 amide bonds. The Morgan fingerprint density at radius 1 is 0.905 bits per heavy atom. The lowest BCUT2D eigenvalue weighted by Crippen LogP contribution is -3.00. The number of quaternary nitrogens is 1. The molecule has 1 nitrogen and oxygen atoms in total. The van der Waals surface area contributed by atoms with Crippen LogP contribution in [0.4, 0.5) is 0 Å². The van der Waals surface area contributed by atoms with Gasteiger partial charge in [-0.2, -0.15) is 0 Å². The molecule has 2 aromatic rings.